The molecule has 0 unspecified atom stereocenters. The molecular weight excluding hydrogens is 320 g/mol. The average Bonchev–Trinajstić information content (AvgIpc) is 2.45. The Morgan fingerprint density at radius 1 is 0.864 bits per heavy atom. The van der Waals surface area contributed by atoms with E-state index in [4.69, 9.17) is 5.11 Å². The van der Waals surface area contributed by atoms with E-state index in [0.29, 0.717) is 0 Å². The number of rotatable bonds is 2. The van der Waals surface area contributed by atoms with Gasteiger partial charge in [-0.2, -0.15) is 0 Å². The Kier molecular flexibility index (Phi) is 3.69. The van der Waals surface area contributed by atoms with Crippen LogP contribution in [0.4, 0.5) is 32.0 Å². The second-order valence-corrected chi connectivity index (χ2v) is 4.02. The van der Waals surface area contributed by atoms with Gasteiger partial charge < -0.3 is 5.11 Å². The fourth-order valence-electron chi connectivity index (χ4n) is 1.73. The van der Waals surface area contributed by atoms with Gasteiger partial charge >= 0.3 is 5.69 Å². The second-order valence-electron chi connectivity index (χ2n) is 4.02. The SMILES string of the molecule is O=[N+]([O-])c1cc(-c2c(F)c(F)c(F)c(F)c2F)c(F)cc1O. The van der Waals surface area contributed by atoms with Gasteiger partial charge in [-0.25, -0.2) is 26.3 Å². The standard InChI is InChI=1S/C12H3F6NO3/c13-4-2-6(20)5(19(21)22)1-3(4)7-8(14)10(16)12(18)11(17)9(7)15/h1-2,20H. The number of nitro benzene ring substituents is 1. The van der Waals surface area contributed by atoms with E-state index >= 15 is 0 Å². The van der Waals surface area contributed by atoms with Crippen LogP contribution >= 0.6 is 0 Å². The third-order valence-corrected chi connectivity index (χ3v) is 2.74. The van der Waals surface area contributed by atoms with E-state index in [2.05, 4.69) is 0 Å². The molecule has 10 heteroatoms. The minimum absolute atomic E-state index is 0.130. The van der Waals surface area contributed by atoms with E-state index in [9.17, 15) is 36.5 Å². The molecule has 0 bridgehead atoms. The molecule has 0 aromatic heterocycles. The van der Waals surface area contributed by atoms with Gasteiger partial charge in [0.1, 0.15) is 5.82 Å². The summed E-state index contributed by atoms with van der Waals surface area (Å²) in [4.78, 5) is 9.38. The first-order valence-electron chi connectivity index (χ1n) is 5.35. The lowest BCUT2D eigenvalue weighted by molar-refractivity contribution is -0.385. The molecule has 116 valence electrons. The molecule has 0 spiro atoms. The highest BCUT2D eigenvalue weighted by atomic mass is 19.2. The first kappa shape index (κ1) is 15.6. The molecule has 0 atom stereocenters. The van der Waals surface area contributed by atoms with Gasteiger partial charge in [-0.15, -0.1) is 0 Å². The van der Waals surface area contributed by atoms with Crippen LogP contribution in [0, 0.1) is 45.0 Å². The Labute approximate surface area is 117 Å². The number of phenols is 1. The maximum absolute atomic E-state index is 13.6. The maximum Gasteiger partial charge on any atom is 0.311 e. The molecule has 2 aromatic rings. The molecule has 0 saturated carbocycles. The van der Waals surface area contributed by atoms with Crippen molar-refractivity contribution in [2.75, 3.05) is 0 Å². The van der Waals surface area contributed by atoms with Crippen LogP contribution in [0.2, 0.25) is 0 Å². The highest BCUT2D eigenvalue weighted by Crippen LogP contribution is 2.38. The normalized spacial score (nSPS) is 10.8. The predicted molar refractivity (Wildman–Crippen MR) is 59.9 cm³/mol. The molecule has 2 aromatic carbocycles. The summed E-state index contributed by atoms with van der Waals surface area (Å²) >= 11 is 0. The molecule has 0 heterocycles. The number of hydrogen-bond donors (Lipinski definition) is 1. The van der Waals surface area contributed by atoms with Gasteiger partial charge in [-0.3, -0.25) is 10.1 Å². The van der Waals surface area contributed by atoms with Crippen LogP contribution in [-0.2, 0) is 0 Å². The van der Waals surface area contributed by atoms with E-state index in [1.165, 1.54) is 0 Å². The summed E-state index contributed by atoms with van der Waals surface area (Å²) in [6.07, 6.45) is 0. The van der Waals surface area contributed by atoms with Crippen molar-refractivity contribution < 1.29 is 36.4 Å². The van der Waals surface area contributed by atoms with Crippen molar-refractivity contribution in [2.45, 2.75) is 0 Å². The van der Waals surface area contributed by atoms with Gasteiger partial charge in [0.25, 0.3) is 0 Å². The maximum atomic E-state index is 13.6. The highest BCUT2D eigenvalue weighted by Gasteiger charge is 2.30. The van der Waals surface area contributed by atoms with Crippen molar-refractivity contribution in [1.82, 2.24) is 0 Å². The lowest BCUT2D eigenvalue weighted by Gasteiger charge is -2.09. The van der Waals surface area contributed by atoms with Crippen molar-refractivity contribution >= 4 is 5.69 Å². The van der Waals surface area contributed by atoms with Crippen LogP contribution in [0.15, 0.2) is 12.1 Å². The molecule has 0 aliphatic carbocycles. The van der Waals surface area contributed by atoms with E-state index < -0.39 is 62.4 Å². The topological polar surface area (TPSA) is 63.4 Å². The molecule has 0 saturated heterocycles. The molecule has 0 radical (unpaired) electrons. The van der Waals surface area contributed by atoms with Crippen molar-refractivity contribution in [3.05, 3.63) is 57.2 Å². The Morgan fingerprint density at radius 3 is 1.77 bits per heavy atom. The van der Waals surface area contributed by atoms with Gasteiger partial charge in [-0.05, 0) is 0 Å². The monoisotopic (exact) mass is 323 g/mol. The summed E-state index contributed by atoms with van der Waals surface area (Å²) in [5.41, 5.74) is -4.09. The Balaban J connectivity index is 2.89. The summed E-state index contributed by atoms with van der Waals surface area (Å²) in [6, 6.07) is 0.300. The number of halogens is 6. The Hall–Kier alpha value is -2.78. The quantitative estimate of drug-likeness (QED) is 0.301. The van der Waals surface area contributed by atoms with Crippen LogP contribution in [0.5, 0.6) is 5.75 Å². The lowest BCUT2D eigenvalue weighted by atomic mass is 10.0. The molecule has 1 N–H and O–H groups in total. The molecular formula is C12H3F6NO3. The van der Waals surface area contributed by atoms with Crippen LogP contribution in [-0.4, -0.2) is 10.0 Å². The van der Waals surface area contributed by atoms with Crippen LogP contribution in [0.3, 0.4) is 0 Å². The number of aromatic hydroxyl groups is 1. The third kappa shape index (κ3) is 2.22. The summed E-state index contributed by atoms with van der Waals surface area (Å²) < 4.78 is 79.9. The number of hydrogen-bond acceptors (Lipinski definition) is 3. The Morgan fingerprint density at radius 2 is 1.32 bits per heavy atom. The number of phenolic OH excluding ortho intramolecular Hbond substituents is 1. The zero-order valence-corrected chi connectivity index (χ0v) is 10.1. The summed E-state index contributed by atoms with van der Waals surface area (Å²) in [5.74, 6) is -14.6. The minimum atomic E-state index is -2.45. The van der Waals surface area contributed by atoms with Crippen molar-refractivity contribution in [3.63, 3.8) is 0 Å². The van der Waals surface area contributed by atoms with Crippen LogP contribution < -0.4 is 0 Å². The second kappa shape index (κ2) is 5.20. The van der Waals surface area contributed by atoms with Gasteiger partial charge in [-0.1, -0.05) is 0 Å². The third-order valence-electron chi connectivity index (χ3n) is 2.74. The molecule has 0 fully saturated rings. The van der Waals surface area contributed by atoms with Gasteiger partial charge in [0.05, 0.1) is 10.5 Å². The number of benzene rings is 2. The molecule has 0 aliphatic heterocycles. The van der Waals surface area contributed by atoms with E-state index in [-0.39, 0.29) is 12.1 Å². The van der Waals surface area contributed by atoms with Crippen molar-refractivity contribution in [2.24, 2.45) is 0 Å². The van der Waals surface area contributed by atoms with Gasteiger partial charge in [0.2, 0.25) is 5.82 Å². The smallest absolute Gasteiger partial charge is 0.311 e. The van der Waals surface area contributed by atoms with E-state index in [1.54, 1.807) is 0 Å². The minimum Gasteiger partial charge on any atom is -0.502 e. The predicted octanol–water partition coefficient (Wildman–Crippen LogP) is 3.80. The number of nitrogens with zero attached hydrogens (tertiary/aromatic N) is 1. The largest absolute Gasteiger partial charge is 0.502 e. The van der Waals surface area contributed by atoms with E-state index in [1.807, 2.05) is 0 Å². The van der Waals surface area contributed by atoms with Crippen molar-refractivity contribution in [1.29, 1.82) is 0 Å². The fourth-order valence-corrected chi connectivity index (χ4v) is 1.73. The van der Waals surface area contributed by atoms with Crippen molar-refractivity contribution in [3.8, 4) is 16.9 Å². The number of nitro groups is 1. The molecule has 22 heavy (non-hydrogen) atoms. The molecule has 4 nitrogen and oxygen atoms in total. The summed E-state index contributed by atoms with van der Waals surface area (Å²) in [6.45, 7) is 0. The molecule has 0 amide bonds. The summed E-state index contributed by atoms with van der Waals surface area (Å²) in [7, 11) is 0. The molecule has 0 aliphatic rings. The zero-order chi connectivity index (χ0) is 16.8. The van der Waals surface area contributed by atoms with Crippen LogP contribution in [0.1, 0.15) is 0 Å². The summed E-state index contributed by atoms with van der Waals surface area (Å²) in [5, 5.41) is 19.7. The van der Waals surface area contributed by atoms with Gasteiger partial charge in [0, 0.05) is 17.7 Å². The first-order valence-corrected chi connectivity index (χ1v) is 5.35. The molecule has 2 rings (SSSR count). The zero-order valence-electron chi connectivity index (χ0n) is 10.1. The van der Waals surface area contributed by atoms with E-state index in [0.717, 1.165) is 0 Å². The Bertz CT molecular complexity index is 779. The average molecular weight is 323 g/mol. The lowest BCUT2D eigenvalue weighted by Crippen LogP contribution is -2.05. The highest BCUT2D eigenvalue weighted by molar-refractivity contribution is 5.70. The van der Waals surface area contributed by atoms with Crippen LogP contribution in [0.25, 0.3) is 11.1 Å². The first-order chi connectivity index (χ1) is 10.2. The van der Waals surface area contributed by atoms with Gasteiger partial charge in [0.15, 0.2) is 29.0 Å². The fraction of sp³-hybridized carbons (Fsp3) is 0.